The molecule has 33 nitrogen and oxygen atoms in total. The lowest BCUT2D eigenvalue weighted by atomic mass is 10.0. The first-order valence-corrected chi connectivity index (χ1v) is 40.0. The Morgan fingerprint density at radius 2 is 1.01 bits per heavy atom. The summed E-state index contributed by atoms with van der Waals surface area (Å²) < 4.78 is 68.3. The van der Waals surface area contributed by atoms with E-state index in [0.717, 1.165) is 49.1 Å². The van der Waals surface area contributed by atoms with Crippen LogP contribution < -0.4 is 43.8 Å². The summed E-state index contributed by atoms with van der Waals surface area (Å²) in [6.07, 6.45) is 20.4. The third-order valence-electron chi connectivity index (χ3n) is 17.0. The largest absolute Gasteiger partial charge is 0.379 e. The number of ether oxygens (including phenoxy) is 8. The van der Waals surface area contributed by atoms with E-state index >= 15 is 0 Å². The Hall–Kier alpha value is -6.86. The van der Waals surface area contributed by atoms with Crippen LogP contribution in [0.1, 0.15) is 177 Å². The van der Waals surface area contributed by atoms with E-state index in [1.165, 1.54) is 51.4 Å². The fourth-order valence-corrected chi connectivity index (χ4v) is 12.4. The highest BCUT2D eigenvalue weighted by Gasteiger charge is 2.30. The van der Waals surface area contributed by atoms with Gasteiger partial charge < -0.3 is 81.7 Å². The van der Waals surface area contributed by atoms with Crippen LogP contribution in [-0.2, 0) is 104 Å². The number of Topliss-reactive ketones (excluding diaryl/α,β-unsaturated/α-hetero) is 4. The van der Waals surface area contributed by atoms with Gasteiger partial charge in [-0.15, -0.1) is 10.2 Å². The number of H-pyrrole nitrogens is 1. The van der Waals surface area contributed by atoms with Gasteiger partial charge in [-0.25, -0.2) is 8.42 Å². The molecule has 0 saturated carbocycles. The van der Waals surface area contributed by atoms with E-state index in [0.29, 0.717) is 71.1 Å². The van der Waals surface area contributed by atoms with Crippen LogP contribution in [0, 0.1) is 6.92 Å². The molecule has 2 aromatic rings. The van der Waals surface area contributed by atoms with Crippen molar-refractivity contribution in [3.05, 3.63) is 41.2 Å². The fraction of sp³-hybridized carbons (Fsp3) is 0.767. The Balaban J connectivity index is 1.33. The highest BCUT2D eigenvalue weighted by atomic mass is 32.2. The Bertz CT molecular complexity index is 2880. The van der Waals surface area contributed by atoms with Crippen molar-refractivity contribution in [3.63, 3.8) is 0 Å². The maximum atomic E-state index is 13.7. The Labute approximate surface area is 633 Å². The number of primary amides is 1. The number of hydrogen-bond donors (Lipinski definition) is 9. The number of amides is 5. The van der Waals surface area contributed by atoms with E-state index in [9.17, 15) is 51.6 Å². The van der Waals surface area contributed by atoms with E-state index in [1.54, 1.807) is 19.0 Å². The number of likely N-dealkylation sites (N-methyl/N-ethyl adjacent to an activating group) is 2. The molecule has 0 saturated heterocycles. The van der Waals surface area contributed by atoms with Crippen LogP contribution in [0.2, 0.25) is 0 Å². The van der Waals surface area contributed by atoms with Crippen molar-refractivity contribution in [1.82, 2.24) is 52.1 Å². The van der Waals surface area contributed by atoms with Crippen LogP contribution in [0.4, 0.5) is 0 Å². The maximum absolute atomic E-state index is 13.7. The predicted octanol–water partition coefficient (Wildman–Crippen LogP) is 2.35. The minimum atomic E-state index is -3.56. The van der Waals surface area contributed by atoms with Gasteiger partial charge in [0.1, 0.15) is 49.8 Å². The van der Waals surface area contributed by atoms with Crippen molar-refractivity contribution in [2.75, 3.05) is 164 Å². The smallest absolute Gasteiger partial charge is 0.246 e. The number of nitrogens with one attached hydrogen (secondary N) is 6. The van der Waals surface area contributed by atoms with Crippen molar-refractivity contribution < 1.29 is 89.5 Å². The number of sulfone groups is 1. The maximum Gasteiger partial charge on any atom is 0.246 e. The van der Waals surface area contributed by atoms with E-state index in [2.05, 4.69) is 52.2 Å². The molecule has 12 N–H and O–H groups in total. The Morgan fingerprint density at radius 3 is 1.53 bits per heavy atom. The molecular formula is C73H128N14O19S. The molecule has 1 aromatic carbocycles. The molecule has 1 aromatic heterocycles. The van der Waals surface area contributed by atoms with Gasteiger partial charge in [0.2, 0.25) is 29.5 Å². The highest BCUT2D eigenvalue weighted by molar-refractivity contribution is 7.92. The number of aryl methyl sites for hydroxylation is 2. The van der Waals surface area contributed by atoms with Gasteiger partial charge in [-0.05, 0) is 90.8 Å². The number of ketones is 4. The molecule has 610 valence electrons. The summed E-state index contributed by atoms with van der Waals surface area (Å²) >= 11 is 0. The summed E-state index contributed by atoms with van der Waals surface area (Å²) in [6, 6.07) is 5.31. The molecule has 0 fully saturated rings. The number of aromatic amines is 1. The third kappa shape index (κ3) is 56.1. The van der Waals surface area contributed by atoms with Crippen molar-refractivity contribution in [3.8, 4) is 0 Å². The van der Waals surface area contributed by atoms with Crippen LogP contribution in [-0.4, -0.2) is 275 Å². The summed E-state index contributed by atoms with van der Waals surface area (Å²) in [7, 11) is -0.201. The molecule has 5 amide bonds. The molecule has 107 heavy (non-hydrogen) atoms. The standard InChI is InChI=1S/C73H128N14O19S/c1-58-30-32-59(33-31-58)51-64(71(74)95)82-72(96)65(28-19-35-81-73(75)76)87(3)52-66(91)63(77-2)27-17-18-34-78-68(92)54-106-49-45-102-41-37-80-70(94)56-105-48-43-100-39-21-25-61(89)53-103-46-44-101-40-36-79-69(93)55-104-47-42-99-38-20-24-60(88)26-22-50-107(97,98)57-62(90)23-15-13-11-9-7-5-4-6-8-10-12-14-16-29-67-83-85-86-84-67/h30-33,63-65,77H,4-29,34-57H2,1-3H3,(H2,74,95)(H,78,92)(H,79,93)(H,80,94)(H,82,96)(H4,75,76,81)(H,83,84,85,86)/t63-,64-,65-/m0/s1. The molecule has 0 radical (unpaired) electrons. The van der Waals surface area contributed by atoms with Crippen LogP contribution >= 0.6 is 0 Å². The van der Waals surface area contributed by atoms with E-state index in [1.807, 2.05) is 31.2 Å². The van der Waals surface area contributed by atoms with Gasteiger partial charge in [-0.2, -0.15) is 5.21 Å². The number of carbonyl (C=O) groups is 9. The summed E-state index contributed by atoms with van der Waals surface area (Å²) in [5.41, 5.74) is 18.5. The SMILES string of the molecule is CN[C@@H](CCCCNC(=O)COCCOCCNC(=O)COCCOCCCC(=O)COCCOCCNC(=O)COCCOCCCC(=O)CCCS(=O)(=O)CC(=O)CCCCCCCCCCCCCCCc1nn[nH]n1)C(=O)CN(C)[C@@H](CCCN=C(N)N)C(=O)N[C@@H](Cc1ccc(C)cc1)C(N)=O. The second-order valence-electron chi connectivity index (χ2n) is 26.5. The van der Waals surface area contributed by atoms with Crippen molar-refractivity contribution in [2.45, 2.75) is 198 Å². The van der Waals surface area contributed by atoms with Crippen molar-refractivity contribution in [2.24, 2.45) is 22.2 Å². The molecule has 2 rings (SSSR count). The number of benzene rings is 1. The molecule has 0 aliphatic rings. The topological polar surface area (TPSA) is 470 Å². The summed E-state index contributed by atoms with van der Waals surface area (Å²) in [6.45, 7) is 5.23. The van der Waals surface area contributed by atoms with Gasteiger partial charge in [0.15, 0.2) is 33.2 Å². The number of aliphatic imine (C=N–C) groups is 1. The number of rotatable bonds is 75. The van der Waals surface area contributed by atoms with Crippen molar-refractivity contribution >= 4 is 68.5 Å². The number of hydrogen-bond acceptors (Lipinski definition) is 25. The first-order valence-electron chi connectivity index (χ1n) is 38.2. The van der Waals surface area contributed by atoms with Crippen LogP contribution in [0.15, 0.2) is 29.3 Å². The number of carbonyl (C=O) groups excluding carboxylic acids is 9. The third-order valence-corrected chi connectivity index (χ3v) is 18.7. The Kier molecular flexibility index (Phi) is 57.6. The normalized spacial score (nSPS) is 12.3. The van der Waals surface area contributed by atoms with Gasteiger partial charge in [0.25, 0.3) is 0 Å². The van der Waals surface area contributed by atoms with Crippen LogP contribution in [0.5, 0.6) is 0 Å². The summed E-state index contributed by atoms with van der Waals surface area (Å²) in [4.78, 5) is 119. The molecule has 0 bridgehead atoms. The van der Waals surface area contributed by atoms with Crippen LogP contribution in [0.3, 0.4) is 0 Å². The second-order valence-corrected chi connectivity index (χ2v) is 28.7. The lowest BCUT2D eigenvalue weighted by Crippen LogP contribution is -2.54. The molecule has 0 aliphatic carbocycles. The first kappa shape index (κ1) is 96.2. The van der Waals surface area contributed by atoms with Gasteiger partial charge in [0, 0.05) is 77.9 Å². The molecule has 0 aliphatic heterocycles. The lowest BCUT2D eigenvalue weighted by Gasteiger charge is -2.29. The average Bonchev–Trinajstić information content (AvgIpc) is 1.03. The molecule has 34 heteroatoms. The van der Waals surface area contributed by atoms with E-state index < -0.39 is 45.5 Å². The molecular weight excluding hydrogens is 1410 g/mol. The number of guanidine groups is 1. The fourth-order valence-electron chi connectivity index (χ4n) is 11.0. The minimum absolute atomic E-state index is 0.0544. The molecule has 0 spiro atoms. The zero-order chi connectivity index (χ0) is 78.2. The first-order chi connectivity index (χ1) is 51.7. The Morgan fingerprint density at radius 1 is 0.523 bits per heavy atom. The quantitative estimate of drug-likeness (QED) is 0.0261. The minimum Gasteiger partial charge on any atom is -0.379 e. The van der Waals surface area contributed by atoms with Gasteiger partial charge >= 0.3 is 0 Å². The predicted molar refractivity (Wildman–Crippen MR) is 404 cm³/mol. The zero-order valence-electron chi connectivity index (χ0n) is 64.0. The van der Waals surface area contributed by atoms with Gasteiger partial charge in [-0.1, -0.05) is 106 Å². The van der Waals surface area contributed by atoms with Gasteiger partial charge in [0.05, 0.1) is 90.5 Å². The number of nitrogens with zero attached hydrogens (tertiary/aromatic N) is 5. The lowest BCUT2D eigenvalue weighted by molar-refractivity contribution is -0.132. The van der Waals surface area contributed by atoms with Crippen molar-refractivity contribution in [1.29, 1.82) is 0 Å². The second kappa shape index (κ2) is 64.0. The van der Waals surface area contributed by atoms with Gasteiger partial charge in [-0.3, -0.25) is 53.0 Å². The average molecular weight is 1540 g/mol. The number of unbranched alkanes of at least 4 members (excludes halogenated alkanes) is 13. The van der Waals surface area contributed by atoms with E-state index in [4.69, 9.17) is 55.1 Å². The molecule has 0 unspecified atom stereocenters. The monoisotopic (exact) mass is 1540 g/mol. The number of nitrogens with two attached hydrogens (primary N) is 3. The number of aromatic nitrogens is 4. The molecule has 1 heterocycles. The summed E-state index contributed by atoms with van der Waals surface area (Å²) in [5.74, 6) is -2.57. The molecule has 3 atom stereocenters. The number of tetrazole rings is 1. The summed E-state index contributed by atoms with van der Waals surface area (Å²) in [5, 5.41) is 28.0. The van der Waals surface area contributed by atoms with Crippen LogP contribution in [0.25, 0.3) is 0 Å². The van der Waals surface area contributed by atoms with E-state index in [-0.39, 0.29) is 210 Å². The zero-order valence-corrected chi connectivity index (χ0v) is 64.8. The highest BCUT2D eigenvalue weighted by Crippen LogP contribution is 2.16.